The highest BCUT2D eigenvalue weighted by atomic mass is 16.1. The molecule has 150 valence electrons. The van der Waals surface area contributed by atoms with Crippen LogP contribution in [0.4, 0.5) is 5.69 Å². The first-order chi connectivity index (χ1) is 14.0. The smallest absolute Gasteiger partial charge is 0.252 e. The predicted octanol–water partition coefficient (Wildman–Crippen LogP) is 2.81. The van der Waals surface area contributed by atoms with Gasteiger partial charge in [-0.05, 0) is 63.7 Å². The molecule has 1 amide bonds. The Morgan fingerprint density at radius 3 is 2.72 bits per heavy atom. The number of benzene rings is 1. The summed E-state index contributed by atoms with van der Waals surface area (Å²) in [5, 5.41) is 7.68. The Morgan fingerprint density at radius 1 is 1.21 bits per heavy atom. The molecule has 3 aromatic rings. The summed E-state index contributed by atoms with van der Waals surface area (Å²) >= 11 is 0. The summed E-state index contributed by atoms with van der Waals surface area (Å²) in [6.45, 7) is 4.02. The summed E-state index contributed by atoms with van der Waals surface area (Å²) in [5.74, 6) is 0.00746. The van der Waals surface area contributed by atoms with Gasteiger partial charge in [-0.3, -0.25) is 4.79 Å². The second-order valence-corrected chi connectivity index (χ2v) is 8.64. The van der Waals surface area contributed by atoms with Crippen LogP contribution in [-0.4, -0.2) is 53.6 Å². The van der Waals surface area contributed by atoms with Gasteiger partial charge in [0, 0.05) is 48.3 Å². The third kappa shape index (κ3) is 3.08. The number of fused-ring (bicyclic) bond motifs is 1. The monoisotopic (exact) mass is 389 g/mol. The predicted molar refractivity (Wildman–Crippen MR) is 114 cm³/mol. The number of amides is 1. The second kappa shape index (κ2) is 6.59. The van der Waals surface area contributed by atoms with E-state index in [1.807, 2.05) is 35.8 Å². The van der Waals surface area contributed by atoms with E-state index in [-0.39, 0.29) is 11.4 Å². The van der Waals surface area contributed by atoms with E-state index >= 15 is 0 Å². The maximum Gasteiger partial charge on any atom is 0.252 e. The van der Waals surface area contributed by atoms with Crippen molar-refractivity contribution in [1.29, 1.82) is 0 Å². The van der Waals surface area contributed by atoms with Gasteiger partial charge in [-0.1, -0.05) is 12.1 Å². The van der Waals surface area contributed by atoms with Crippen LogP contribution in [0.15, 0.2) is 48.8 Å². The van der Waals surface area contributed by atoms with E-state index in [9.17, 15) is 4.79 Å². The molecule has 1 aliphatic heterocycles. The van der Waals surface area contributed by atoms with E-state index in [0.29, 0.717) is 6.04 Å². The van der Waals surface area contributed by atoms with Crippen molar-refractivity contribution in [2.75, 3.05) is 32.1 Å². The summed E-state index contributed by atoms with van der Waals surface area (Å²) in [7, 11) is 4.23. The molecule has 1 N–H and O–H groups in total. The molecule has 1 aliphatic carbocycles. The van der Waals surface area contributed by atoms with E-state index in [1.165, 1.54) is 0 Å². The SMILES string of the molecule is Cc1ccc(N2CC(N(C)C)C2)cc1C(=O)NC1(c2cccn3nccc23)CC1. The molecule has 5 rings (SSSR count). The van der Waals surface area contributed by atoms with E-state index in [4.69, 9.17) is 0 Å². The first-order valence-corrected chi connectivity index (χ1v) is 10.2. The molecular weight excluding hydrogens is 362 g/mol. The molecule has 29 heavy (non-hydrogen) atoms. The lowest BCUT2D eigenvalue weighted by molar-refractivity contribution is 0.0930. The van der Waals surface area contributed by atoms with Crippen molar-refractivity contribution in [3.05, 3.63) is 65.5 Å². The summed E-state index contributed by atoms with van der Waals surface area (Å²) in [6, 6.07) is 12.9. The quantitative estimate of drug-likeness (QED) is 0.729. The zero-order valence-electron chi connectivity index (χ0n) is 17.2. The minimum Gasteiger partial charge on any atom is -0.368 e. The highest BCUT2D eigenvalue weighted by Gasteiger charge is 2.47. The van der Waals surface area contributed by atoms with E-state index in [1.54, 1.807) is 6.20 Å². The number of aryl methyl sites for hydroxylation is 1. The molecule has 6 heteroatoms. The van der Waals surface area contributed by atoms with Gasteiger partial charge in [0.1, 0.15) is 0 Å². The van der Waals surface area contributed by atoms with Crippen LogP contribution in [-0.2, 0) is 5.54 Å². The number of pyridine rings is 1. The Bertz CT molecular complexity index is 1080. The molecule has 1 saturated heterocycles. The van der Waals surface area contributed by atoms with Crippen molar-refractivity contribution >= 4 is 17.1 Å². The molecule has 6 nitrogen and oxygen atoms in total. The van der Waals surface area contributed by atoms with Crippen LogP contribution in [0.5, 0.6) is 0 Å². The first kappa shape index (κ1) is 18.2. The summed E-state index contributed by atoms with van der Waals surface area (Å²) < 4.78 is 1.87. The van der Waals surface area contributed by atoms with Crippen molar-refractivity contribution in [2.24, 2.45) is 0 Å². The molecule has 1 saturated carbocycles. The van der Waals surface area contributed by atoms with Gasteiger partial charge < -0.3 is 15.1 Å². The number of rotatable bonds is 5. The number of carbonyl (C=O) groups excluding carboxylic acids is 1. The molecule has 0 unspecified atom stereocenters. The van der Waals surface area contributed by atoms with Crippen molar-refractivity contribution < 1.29 is 4.79 Å². The lowest BCUT2D eigenvalue weighted by atomic mass is 10.0. The number of likely N-dealkylation sites (N-methyl/N-ethyl adjacent to an activating group) is 1. The lowest BCUT2D eigenvalue weighted by Crippen LogP contribution is -2.57. The van der Waals surface area contributed by atoms with E-state index in [0.717, 1.165) is 53.8 Å². The highest BCUT2D eigenvalue weighted by molar-refractivity contribution is 5.97. The van der Waals surface area contributed by atoms with Crippen LogP contribution in [0.2, 0.25) is 0 Å². The third-order valence-corrected chi connectivity index (χ3v) is 6.48. The zero-order valence-corrected chi connectivity index (χ0v) is 17.2. The third-order valence-electron chi connectivity index (χ3n) is 6.48. The molecule has 1 aromatic carbocycles. The molecule has 0 bridgehead atoms. The first-order valence-electron chi connectivity index (χ1n) is 10.2. The lowest BCUT2D eigenvalue weighted by Gasteiger charge is -2.44. The standard InChI is InChI=1S/C23H27N5O/c1-16-6-7-17(27-14-18(15-27)26(2)3)13-19(16)22(29)25-23(9-10-23)20-5-4-12-28-21(20)8-11-24-28/h4-8,11-13,18H,9-10,14-15H2,1-3H3,(H,25,29). The average molecular weight is 390 g/mol. The zero-order chi connectivity index (χ0) is 20.2. The minimum atomic E-state index is -0.283. The van der Waals surface area contributed by atoms with Gasteiger partial charge >= 0.3 is 0 Å². The van der Waals surface area contributed by atoms with Gasteiger partial charge in [0.2, 0.25) is 0 Å². The Hall–Kier alpha value is -2.86. The van der Waals surface area contributed by atoms with Crippen LogP contribution in [0.1, 0.15) is 34.3 Å². The van der Waals surface area contributed by atoms with Crippen LogP contribution in [0, 0.1) is 6.92 Å². The number of carbonyl (C=O) groups is 1. The number of aromatic nitrogens is 2. The average Bonchev–Trinajstić information content (AvgIpc) is 3.26. The van der Waals surface area contributed by atoms with Gasteiger partial charge in [-0.15, -0.1) is 0 Å². The highest BCUT2D eigenvalue weighted by Crippen LogP contribution is 2.47. The number of anilines is 1. The largest absolute Gasteiger partial charge is 0.368 e. The Balaban J connectivity index is 1.39. The van der Waals surface area contributed by atoms with Crippen molar-refractivity contribution in [2.45, 2.75) is 31.3 Å². The van der Waals surface area contributed by atoms with Gasteiger partial charge in [0.25, 0.3) is 5.91 Å². The fraction of sp³-hybridized carbons (Fsp3) is 0.391. The molecule has 2 aliphatic rings. The van der Waals surface area contributed by atoms with Crippen LogP contribution < -0.4 is 10.2 Å². The maximum absolute atomic E-state index is 13.3. The summed E-state index contributed by atoms with van der Waals surface area (Å²) in [4.78, 5) is 17.9. The number of nitrogens with zero attached hydrogens (tertiary/aromatic N) is 4. The fourth-order valence-electron chi connectivity index (χ4n) is 4.27. The summed E-state index contributed by atoms with van der Waals surface area (Å²) in [6.07, 6.45) is 5.66. The second-order valence-electron chi connectivity index (χ2n) is 8.64. The van der Waals surface area contributed by atoms with Gasteiger partial charge in [-0.25, -0.2) is 4.52 Å². The van der Waals surface area contributed by atoms with Crippen LogP contribution in [0.25, 0.3) is 5.52 Å². The van der Waals surface area contributed by atoms with Crippen molar-refractivity contribution in [3.8, 4) is 0 Å². The minimum absolute atomic E-state index is 0.00746. The Morgan fingerprint density at radius 2 is 2.00 bits per heavy atom. The molecule has 0 radical (unpaired) electrons. The molecule has 0 atom stereocenters. The molecular formula is C23H27N5O. The Kier molecular flexibility index (Phi) is 4.13. The topological polar surface area (TPSA) is 52.9 Å². The van der Waals surface area contributed by atoms with Gasteiger partial charge in [0.15, 0.2) is 0 Å². The number of hydrogen-bond acceptors (Lipinski definition) is 4. The van der Waals surface area contributed by atoms with E-state index in [2.05, 4.69) is 52.5 Å². The maximum atomic E-state index is 13.3. The normalized spacial score (nSPS) is 18.1. The van der Waals surface area contributed by atoms with Crippen molar-refractivity contribution in [1.82, 2.24) is 19.8 Å². The van der Waals surface area contributed by atoms with E-state index < -0.39 is 0 Å². The van der Waals surface area contributed by atoms with Crippen LogP contribution in [0.3, 0.4) is 0 Å². The fourth-order valence-corrected chi connectivity index (χ4v) is 4.27. The molecule has 0 spiro atoms. The molecule has 2 fully saturated rings. The summed E-state index contributed by atoms with van der Waals surface area (Å²) in [5.41, 5.74) is 4.83. The molecule has 3 heterocycles. The number of nitrogens with one attached hydrogen (secondary N) is 1. The van der Waals surface area contributed by atoms with Gasteiger partial charge in [0.05, 0.1) is 11.1 Å². The van der Waals surface area contributed by atoms with Crippen molar-refractivity contribution in [3.63, 3.8) is 0 Å². The number of hydrogen-bond donors (Lipinski definition) is 1. The Labute approximate surface area is 171 Å². The van der Waals surface area contributed by atoms with Gasteiger partial charge in [-0.2, -0.15) is 5.10 Å². The van der Waals surface area contributed by atoms with Crippen LogP contribution >= 0.6 is 0 Å². The molecule has 2 aromatic heterocycles.